The molecule has 158 valence electrons. The fourth-order valence-electron chi connectivity index (χ4n) is 3.60. The Morgan fingerprint density at radius 3 is 2.60 bits per heavy atom. The molecule has 1 atom stereocenters. The molecule has 0 saturated carbocycles. The highest BCUT2D eigenvalue weighted by Crippen LogP contribution is 2.42. The Balaban J connectivity index is 1.49. The minimum atomic E-state index is -0.495. The van der Waals surface area contributed by atoms with Crippen molar-refractivity contribution >= 4 is 23.3 Å². The summed E-state index contributed by atoms with van der Waals surface area (Å²) in [5.74, 6) is 1.49. The lowest BCUT2D eigenvalue weighted by atomic mass is 9.97. The van der Waals surface area contributed by atoms with E-state index in [1.807, 2.05) is 63.2 Å². The Morgan fingerprint density at radius 2 is 1.93 bits per heavy atom. The van der Waals surface area contributed by atoms with Gasteiger partial charge in [-0.1, -0.05) is 41.9 Å². The Labute approximate surface area is 182 Å². The van der Waals surface area contributed by atoms with Gasteiger partial charge in [0.1, 0.15) is 12.2 Å². The highest BCUT2D eigenvalue weighted by Gasteiger charge is 2.28. The molecule has 2 aliphatic rings. The van der Waals surface area contributed by atoms with Gasteiger partial charge in [0.05, 0.1) is 0 Å². The lowest BCUT2D eigenvalue weighted by molar-refractivity contribution is 0.0270. The number of nitrogens with zero attached hydrogens (tertiary/aromatic N) is 1. The van der Waals surface area contributed by atoms with Crippen LogP contribution in [0.3, 0.4) is 0 Å². The lowest BCUT2D eigenvalue weighted by Crippen LogP contribution is -2.39. The predicted octanol–water partition coefficient (Wildman–Crippen LogP) is 5.88. The van der Waals surface area contributed by atoms with Crippen LogP contribution in [0, 0.1) is 0 Å². The number of amides is 1. The molecule has 0 bridgehead atoms. The number of ether oxygens (including phenoxy) is 3. The molecule has 0 N–H and O–H groups in total. The van der Waals surface area contributed by atoms with Crippen molar-refractivity contribution in [3.63, 3.8) is 0 Å². The van der Waals surface area contributed by atoms with Crippen LogP contribution in [0.25, 0.3) is 5.57 Å². The molecule has 4 rings (SSSR count). The average Bonchev–Trinajstić information content (AvgIpc) is 2.72. The second-order valence-electron chi connectivity index (χ2n) is 8.51. The number of fused-ring (bicyclic) bond motifs is 1. The molecule has 2 aliphatic heterocycles. The summed E-state index contributed by atoms with van der Waals surface area (Å²) < 4.78 is 17.8. The average molecular weight is 428 g/mol. The Hall–Kier alpha value is -2.66. The number of carbonyl (C=O) groups is 1. The third kappa shape index (κ3) is 4.57. The molecule has 0 saturated heterocycles. The van der Waals surface area contributed by atoms with Crippen LogP contribution in [0.5, 0.6) is 11.5 Å². The smallest absolute Gasteiger partial charge is 0.410 e. The normalized spacial score (nSPS) is 18.6. The molecule has 30 heavy (non-hydrogen) atoms. The molecule has 6 heteroatoms. The van der Waals surface area contributed by atoms with Crippen LogP contribution in [0.2, 0.25) is 5.02 Å². The summed E-state index contributed by atoms with van der Waals surface area (Å²) >= 11 is 5.99. The summed E-state index contributed by atoms with van der Waals surface area (Å²) in [7, 11) is 0. The Kier molecular flexibility index (Phi) is 5.65. The number of benzene rings is 2. The van der Waals surface area contributed by atoms with Crippen molar-refractivity contribution in [2.45, 2.75) is 38.9 Å². The van der Waals surface area contributed by atoms with E-state index in [0.29, 0.717) is 24.7 Å². The number of rotatable bonds is 2. The van der Waals surface area contributed by atoms with E-state index in [-0.39, 0.29) is 12.2 Å². The minimum Gasteiger partial charge on any atom is -0.485 e. The van der Waals surface area contributed by atoms with E-state index in [1.165, 1.54) is 0 Å². The topological polar surface area (TPSA) is 48.0 Å². The van der Waals surface area contributed by atoms with E-state index in [2.05, 4.69) is 6.08 Å². The van der Waals surface area contributed by atoms with Gasteiger partial charge in [-0.3, -0.25) is 0 Å². The van der Waals surface area contributed by atoms with Gasteiger partial charge >= 0.3 is 6.09 Å². The van der Waals surface area contributed by atoms with Gasteiger partial charge < -0.3 is 19.1 Å². The van der Waals surface area contributed by atoms with Crippen molar-refractivity contribution in [1.29, 1.82) is 0 Å². The number of hydrogen-bond acceptors (Lipinski definition) is 4. The molecule has 0 aliphatic carbocycles. The number of hydrogen-bond donors (Lipinski definition) is 0. The van der Waals surface area contributed by atoms with Crippen molar-refractivity contribution in [1.82, 2.24) is 4.90 Å². The summed E-state index contributed by atoms with van der Waals surface area (Å²) in [5.41, 5.74) is 2.71. The molecule has 0 spiro atoms. The summed E-state index contributed by atoms with van der Waals surface area (Å²) in [6.45, 7) is 7.19. The predicted molar refractivity (Wildman–Crippen MR) is 117 cm³/mol. The minimum absolute atomic E-state index is 0.173. The first-order valence-electron chi connectivity index (χ1n) is 10.2. The summed E-state index contributed by atoms with van der Waals surface area (Å²) in [6, 6.07) is 13.6. The van der Waals surface area contributed by atoms with Crippen molar-refractivity contribution in [3.8, 4) is 11.5 Å². The second-order valence-corrected chi connectivity index (χ2v) is 8.94. The van der Waals surface area contributed by atoms with Crippen LogP contribution in [0.4, 0.5) is 4.79 Å². The zero-order valence-electron chi connectivity index (χ0n) is 17.5. The first-order chi connectivity index (χ1) is 14.3. The van der Waals surface area contributed by atoms with Gasteiger partial charge in [0, 0.05) is 23.7 Å². The van der Waals surface area contributed by atoms with Crippen molar-refractivity contribution in [2.75, 3.05) is 19.7 Å². The van der Waals surface area contributed by atoms with Crippen LogP contribution in [0.15, 0.2) is 48.5 Å². The number of carbonyl (C=O) groups excluding carboxylic acids is 1. The fraction of sp³-hybridized carbons (Fsp3) is 0.375. The Bertz CT molecular complexity index is 962. The van der Waals surface area contributed by atoms with Gasteiger partial charge in [0.15, 0.2) is 17.6 Å². The molecule has 5 nitrogen and oxygen atoms in total. The Morgan fingerprint density at radius 1 is 1.17 bits per heavy atom. The summed E-state index contributed by atoms with van der Waals surface area (Å²) in [5, 5.41) is 0.697. The molecular weight excluding hydrogens is 402 g/mol. The zero-order chi connectivity index (χ0) is 21.3. The highest BCUT2D eigenvalue weighted by molar-refractivity contribution is 6.30. The zero-order valence-corrected chi connectivity index (χ0v) is 18.2. The largest absolute Gasteiger partial charge is 0.485 e. The maximum atomic E-state index is 12.3. The van der Waals surface area contributed by atoms with Crippen molar-refractivity contribution in [2.24, 2.45) is 0 Å². The molecule has 2 aromatic carbocycles. The maximum absolute atomic E-state index is 12.3. The first kappa shape index (κ1) is 20.6. The molecule has 0 unspecified atom stereocenters. The number of para-hydroxylation sites is 1. The van der Waals surface area contributed by atoms with E-state index in [1.54, 1.807) is 4.90 Å². The van der Waals surface area contributed by atoms with E-state index >= 15 is 0 Å². The molecule has 0 radical (unpaired) electrons. The first-order valence-corrected chi connectivity index (χ1v) is 10.5. The maximum Gasteiger partial charge on any atom is 0.410 e. The van der Waals surface area contributed by atoms with Crippen molar-refractivity contribution < 1.29 is 19.0 Å². The molecular formula is C24H26ClNO4. The third-order valence-electron chi connectivity index (χ3n) is 5.08. The monoisotopic (exact) mass is 427 g/mol. The highest BCUT2D eigenvalue weighted by atomic mass is 35.5. The standard InChI is InChI=1S/C24H26ClNO4/c1-24(2,3)30-23(27)26-13-11-16(12-14-26)19-5-4-6-20-22(19)28-15-21(29-20)17-7-9-18(25)10-8-17/h4-11,21H,12-15H2,1-3H3/t21-/m0/s1. The van der Waals surface area contributed by atoms with Gasteiger partial charge in [0.2, 0.25) is 0 Å². The van der Waals surface area contributed by atoms with Gasteiger partial charge in [-0.05, 0) is 56.5 Å². The summed E-state index contributed by atoms with van der Waals surface area (Å²) in [6.07, 6.45) is 2.35. The van der Waals surface area contributed by atoms with Crippen LogP contribution < -0.4 is 9.47 Å². The molecule has 0 aromatic heterocycles. The molecule has 2 heterocycles. The third-order valence-corrected chi connectivity index (χ3v) is 5.33. The molecule has 2 aromatic rings. The second kappa shape index (κ2) is 8.23. The lowest BCUT2D eigenvalue weighted by Gasteiger charge is -2.31. The van der Waals surface area contributed by atoms with Gasteiger partial charge in [-0.15, -0.1) is 0 Å². The van der Waals surface area contributed by atoms with E-state index in [9.17, 15) is 4.79 Å². The quantitative estimate of drug-likeness (QED) is 0.600. The fourth-order valence-corrected chi connectivity index (χ4v) is 3.73. The van der Waals surface area contributed by atoms with Crippen LogP contribution >= 0.6 is 11.6 Å². The van der Waals surface area contributed by atoms with E-state index in [0.717, 1.165) is 34.6 Å². The van der Waals surface area contributed by atoms with Crippen LogP contribution in [0.1, 0.15) is 44.4 Å². The molecule has 0 fully saturated rings. The van der Waals surface area contributed by atoms with Gasteiger partial charge in [0.25, 0.3) is 0 Å². The van der Waals surface area contributed by atoms with E-state index in [4.69, 9.17) is 25.8 Å². The van der Waals surface area contributed by atoms with Crippen LogP contribution in [-0.2, 0) is 4.74 Å². The van der Waals surface area contributed by atoms with Gasteiger partial charge in [-0.2, -0.15) is 0 Å². The molecule has 1 amide bonds. The van der Waals surface area contributed by atoms with Crippen molar-refractivity contribution in [3.05, 3.63) is 64.7 Å². The van der Waals surface area contributed by atoms with Crippen LogP contribution in [-0.4, -0.2) is 36.3 Å². The summed E-state index contributed by atoms with van der Waals surface area (Å²) in [4.78, 5) is 14.0. The number of halogens is 1. The SMILES string of the molecule is CC(C)(C)OC(=O)N1CC=C(c2cccc3c2OC[C@@H](c2ccc(Cl)cc2)O3)CC1. The van der Waals surface area contributed by atoms with Gasteiger partial charge in [-0.25, -0.2) is 4.79 Å². The van der Waals surface area contributed by atoms with E-state index < -0.39 is 5.60 Å².